The summed E-state index contributed by atoms with van der Waals surface area (Å²) in [5.74, 6) is 3.74. The molecule has 0 amide bonds. The maximum absolute atomic E-state index is 10.1. The number of aliphatic hydroxyl groups excluding tert-OH is 1. The SMILES string of the molecule is C[C@@H]1C[C@]23CC[C@H]4[C@](C)(CO)CCC[C@]4(C)[C@H]2CC[C@H]1C3. The zero-order valence-corrected chi connectivity index (χ0v) is 14.3. The summed E-state index contributed by atoms with van der Waals surface area (Å²) in [5.41, 5.74) is 1.42. The molecule has 0 saturated heterocycles. The minimum atomic E-state index is 0.204. The molecule has 1 heteroatoms. The first-order valence-electron chi connectivity index (χ1n) is 9.54. The fraction of sp³-hybridized carbons (Fsp3) is 1.00. The van der Waals surface area contributed by atoms with Crippen molar-refractivity contribution in [3.8, 4) is 0 Å². The molecule has 0 aliphatic heterocycles. The van der Waals surface area contributed by atoms with Crippen LogP contribution < -0.4 is 0 Å². The summed E-state index contributed by atoms with van der Waals surface area (Å²) in [6, 6.07) is 0. The van der Waals surface area contributed by atoms with E-state index in [2.05, 4.69) is 20.8 Å². The molecule has 1 spiro atoms. The molecule has 120 valence electrons. The molecule has 4 saturated carbocycles. The van der Waals surface area contributed by atoms with Gasteiger partial charge in [0.15, 0.2) is 0 Å². The van der Waals surface area contributed by atoms with E-state index in [1.165, 1.54) is 57.8 Å². The van der Waals surface area contributed by atoms with Crippen molar-refractivity contribution in [2.75, 3.05) is 6.61 Å². The first kappa shape index (κ1) is 14.5. The molecule has 2 bridgehead atoms. The molecule has 4 rings (SSSR count). The van der Waals surface area contributed by atoms with Crippen molar-refractivity contribution in [2.45, 2.75) is 78.6 Å². The lowest BCUT2D eigenvalue weighted by atomic mass is 9.41. The van der Waals surface area contributed by atoms with Gasteiger partial charge in [0, 0.05) is 6.61 Å². The first-order valence-corrected chi connectivity index (χ1v) is 9.54. The van der Waals surface area contributed by atoms with Crippen molar-refractivity contribution < 1.29 is 5.11 Å². The zero-order valence-electron chi connectivity index (χ0n) is 14.3. The summed E-state index contributed by atoms with van der Waals surface area (Å²) >= 11 is 0. The number of rotatable bonds is 1. The highest BCUT2D eigenvalue weighted by atomic mass is 16.3. The second-order valence-electron chi connectivity index (χ2n) is 9.90. The molecule has 7 atom stereocenters. The second-order valence-corrected chi connectivity index (χ2v) is 9.90. The third-order valence-corrected chi connectivity index (χ3v) is 8.96. The van der Waals surface area contributed by atoms with Crippen LogP contribution in [0.2, 0.25) is 0 Å². The monoisotopic (exact) mass is 290 g/mol. The first-order chi connectivity index (χ1) is 9.94. The van der Waals surface area contributed by atoms with E-state index in [0.717, 1.165) is 23.7 Å². The lowest BCUT2D eigenvalue weighted by Gasteiger charge is -2.64. The fourth-order valence-corrected chi connectivity index (χ4v) is 8.11. The molecule has 0 aromatic heterocycles. The van der Waals surface area contributed by atoms with Gasteiger partial charge in [0.2, 0.25) is 0 Å². The van der Waals surface area contributed by atoms with Crippen LogP contribution >= 0.6 is 0 Å². The van der Waals surface area contributed by atoms with Gasteiger partial charge in [-0.05, 0) is 91.3 Å². The normalized spacial score (nSPS) is 59.4. The van der Waals surface area contributed by atoms with Crippen LogP contribution in [0.5, 0.6) is 0 Å². The molecule has 4 fully saturated rings. The van der Waals surface area contributed by atoms with Crippen LogP contribution in [0.4, 0.5) is 0 Å². The van der Waals surface area contributed by atoms with Gasteiger partial charge < -0.3 is 5.11 Å². The number of hydrogen-bond donors (Lipinski definition) is 1. The Morgan fingerprint density at radius 2 is 1.76 bits per heavy atom. The van der Waals surface area contributed by atoms with Gasteiger partial charge in [0.05, 0.1) is 0 Å². The topological polar surface area (TPSA) is 20.2 Å². The number of fused-ring (bicyclic) bond motifs is 3. The Kier molecular flexibility index (Phi) is 3.11. The van der Waals surface area contributed by atoms with E-state index in [1.54, 1.807) is 0 Å². The van der Waals surface area contributed by atoms with E-state index in [-0.39, 0.29) is 5.41 Å². The van der Waals surface area contributed by atoms with E-state index in [1.807, 2.05) is 0 Å². The molecule has 1 nitrogen and oxygen atoms in total. The summed E-state index contributed by atoms with van der Waals surface area (Å²) in [6.45, 7) is 7.94. The summed E-state index contributed by atoms with van der Waals surface area (Å²) in [5, 5.41) is 10.1. The summed E-state index contributed by atoms with van der Waals surface area (Å²) in [7, 11) is 0. The number of hydrogen-bond acceptors (Lipinski definition) is 1. The molecule has 4 aliphatic carbocycles. The highest BCUT2D eigenvalue weighted by molar-refractivity contribution is 5.13. The standard InChI is InChI=1S/C20H34O/c1-14-11-20-10-7-16-18(2,13-21)8-4-9-19(16,3)17(20)6-5-15(14)12-20/h14-17,21H,4-13H2,1-3H3/t14-,15+,16+,17-,18+,19+,20+/m1/s1. The Morgan fingerprint density at radius 1 is 0.952 bits per heavy atom. The van der Waals surface area contributed by atoms with Crippen molar-refractivity contribution in [1.29, 1.82) is 0 Å². The largest absolute Gasteiger partial charge is 0.396 e. The Balaban J connectivity index is 1.71. The summed E-state index contributed by atoms with van der Waals surface area (Å²) in [6.07, 6.45) is 12.9. The van der Waals surface area contributed by atoms with Crippen molar-refractivity contribution in [2.24, 2.45) is 39.9 Å². The van der Waals surface area contributed by atoms with Crippen molar-refractivity contribution in [3.63, 3.8) is 0 Å². The predicted molar refractivity (Wildman–Crippen MR) is 86.9 cm³/mol. The molecule has 21 heavy (non-hydrogen) atoms. The Morgan fingerprint density at radius 3 is 2.52 bits per heavy atom. The average Bonchev–Trinajstić information content (AvgIpc) is 2.68. The van der Waals surface area contributed by atoms with E-state index >= 15 is 0 Å². The average molecular weight is 290 g/mol. The van der Waals surface area contributed by atoms with Crippen LogP contribution in [-0.2, 0) is 0 Å². The molecule has 0 unspecified atom stereocenters. The molecular weight excluding hydrogens is 256 g/mol. The van der Waals surface area contributed by atoms with Gasteiger partial charge >= 0.3 is 0 Å². The van der Waals surface area contributed by atoms with E-state index < -0.39 is 0 Å². The third-order valence-electron chi connectivity index (χ3n) is 8.96. The van der Waals surface area contributed by atoms with Crippen LogP contribution in [0.1, 0.15) is 78.6 Å². The summed E-state index contributed by atoms with van der Waals surface area (Å²) in [4.78, 5) is 0. The van der Waals surface area contributed by atoms with Crippen LogP contribution in [0, 0.1) is 39.9 Å². The smallest absolute Gasteiger partial charge is 0.0487 e. The molecule has 4 aliphatic rings. The van der Waals surface area contributed by atoms with E-state index in [9.17, 15) is 5.11 Å². The van der Waals surface area contributed by atoms with Crippen LogP contribution in [0.15, 0.2) is 0 Å². The number of aliphatic hydroxyl groups is 1. The quantitative estimate of drug-likeness (QED) is 0.718. The minimum absolute atomic E-state index is 0.204. The molecular formula is C20H34O. The molecule has 0 radical (unpaired) electrons. The highest BCUT2D eigenvalue weighted by Crippen LogP contribution is 2.72. The zero-order chi connectivity index (χ0) is 14.9. The molecule has 0 aromatic carbocycles. The Hall–Kier alpha value is -0.0400. The lowest BCUT2D eigenvalue weighted by Crippen LogP contribution is -2.57. The summed E-state index contributed by atoms with van der Waals surface area (Å²) < 4.78 is 0. The lowest BCUT2D eigenvalue weighted by molar-refractivity contribution is -0.159. The third kappa shape index (κ3) is 1.79. The Bertz CT molecular complexity index is 428. The minimum Gasteiger partial charge on any atom is -0.396 e. The molecule has 0 heterocycles. The second kappa shape index (κ2) is 4.49. The van der Waals surface area contributed by atoms with Gasteiger partial charge in [-0.2, -0.15) is 0 Å². The van der Waals surface area contributed by atoms with Gasteiger partial charge in [0.1, 0.15) is 0 Å². The van der Waals surface area contributed by atoms with Gasteiger partial charge in [-0.3, -0.25) is 0 Å². The van der Waals surface area contributed by atoms with E-state index in [4.69, 9.17) is 0 Å². The van der Waals surface area contributed by atoms with Crippen LogP contribution in [0.3, 0.4) is 0 Å². The fourth-order valence-electron chi connectivity index (χ4n) is 8.11. The van der Waals surface area contributed by atoms with Gasteiger partial charge in [-0.1, -0.05) is 27.2 Å². The van der Waals surface area contributed by atoms with Crippen molar-refractivity contribution >= 4 is 0 Å². The van der Waals surface area contributed by atoms with Gasteiger partial charge in [-0.25, -0.2) is 0 Å². The van der Waals surface area contributed by atoms with Gasteiger partial charge in [0.25, 0.3) is 0 Å². The van der Waals surface area contributed by atoms with E-state index in [0.29, 0.717) is 17.4 Å². The van der Waals surface area contributed by atoms with Crippen molar-refractivity contribution in [1.82, 2.24) is 0 Å². The molecule has 0 aromatic rings. The van der Waals surface area contributed by atoms with Crippen molar-refractivity contribution in [3.05, 3.63) is 0 Å². The maximum Gasteiger partial charge on any atom is 0.0487 e. The van der Waals surface area contributed by atoms with Gasteiger partial charge in [-0.15, -0.1) is 0 Å². The molecule has 1 N–H and O–H groups in total. The predicted octanol–water partition coefficient (Wildman–Crippen LogP) is 5.03. The Labute approximate surface area is 130 Å². The maximum atomic E-state index is 10.1. The van der Waals surface area contributed by atoms with Crippen LogP contribution in [-0.4, -0.2) is 11.7 Å². The highest BCUT2D eigenvalue weighted by Gasteiger charge is 2.63. The van der Waals surface area contributed by atoms with Crippen LogP contribution in [0.25, 0.3) is 0 Å².